The molecular formula is C11H20O2. The van der Waals surface area contributed by atoms with Gasteiger partial charge in [-0.2, -0.15) is 0 Å². The van der Waals surface area contributed by atoms with E-state index in [1.807, 2.05) is 19.9 Å². The Labute approximate surface area is 81.0 Å². The Morgan fingerprint density at radius 3 is 2.54 bits per heavy atom. The summed E-state index contributed by atoms with van der Waals surface area (Å²) in [7, 11) is 0. The van der Waals surface area contributed by atoms with Crippen LogP contribution < -0.4 is 0 Å². The normalized spacial score (nSPS) is 12.9. The topological polar surface area (TPSA) is 26.3 Å². The minimum atomic E-state index is -0.222. The van der Waals surface area contributed by atoms with Gasteiger partial charge >= 0.3 is 0 Å². The largest absolute Gasteiger partial charge is 0.368 e. The van der Waals surface area contributed by atoms with E-state index in [0.717, 1.165) is 19.3 Å². The second-order valence-corrected chi connectivity index (χ2v) is 3.50. The van der Waals surface area contributed by atoms with Crippen molar-refractivity contribution in [3.8, 4) is 0 Å². The molecule has 0 saturated carbocycles. The lowest BCUT2D eigenvalue weighted by atomic mass is 10.1. The zero-order chi connectivity index (χ0) is 10.3. The molecule has 0 rings (SSSR count). The molecule has 0 spiro atoms. The van der Waals surface area contributed by atoms with Crippen molar-refractivity contribution in [2.75, 3.05) is 0 Å². The monoisotopic (exact) mass is 184 g/mol. The van der Waals surface area contributed by atoms with Gasteiger partial charge in [-0.3, -0.25) is 4.79 Å². The molecule has 0 bridgehead atoms. The first-order chi connectivity index (χ1) is 6.07. The molecule has 0 aromatic heterocycles. The molecule has 0 saturated heterocycles. The molecule has 0 amide bonds. The van der Waals surface area contributed by atoms with Gasteiger partial charge in [0, 0.05) is 0 Å². The minimum absolute atomic E-state index is 0.123. The van der Waals surface area contributed by atoms with Gasteiger partial charge in [0.25, 0.3) is 0 Å². The van der Waals surface area contributed by atoms with Crippen LogP contribution in [-0.2, 0) is 9.53 Å². The van der Waals surface area contributed by atoms with E-state index < -0.39 is 0 Å². The number of unbranched alkanes of at least 4 members (excludes halogenated alkanes) is 1. The molecule has 0 aliphatic carbocycles. The first kappa shape index (κ1) is 12.4. The molecule has 0 aliphatic heterocycles. The third-order valence-electron chi connectivity index (χ3n) is 1.76. The summed E-state index contributed by atoms with van der Waals surface area (Å²) in [6, 6.07) is 0. The Bertz CT molecular complexity index is 161. The van der Waals surface area contributed by atoms with E-state index in [2.05, 4.69) is 6.58 Å². The van der Waals surface area contributed by atoms with Crippen molar-refractivity contribution in [3.05, 3.63) is 12.7 Å². The van der Waals surface area contributed by atoms with Gasteiger partial charge in [0.1, 0.15) is 6.10 Å². The molecular weight excluding hydrogens is 164 g/mol. The number of rotatable bonds is 7. The summed E-state index contributed by atoms with van der Waals surface area (Å²) in [6.07, 6.45) is 4.50. The second-order valence-electron chi connectivity index (χ2n) is 3.50. The summed E-state index contributed by atoms with van der Waals surface area (Å²) < 4.78 is 5.47. The van der Waals surface area contributed by atoms with Gasteiger partial charge in [-0.15, -0.1) is 6.58 Å². The van der Waals surface area contributed by atoms with E-state index in [1.165, 1.54) is 0 Å². The van der Waals surface area contributed by atoms with Crippen LogP contribution in [-0.4, -0.2) is 18.0 Å². The van der Waals surface area contributed by atoms with Gasteiger partial charge < -0.3 is 4.74 Å². The maximum atomic E-state index is 11.1. The van der Waals surface area contributed by atoms with Crippen LogP contribution in [0.25, 0.3) is 0 Å². The van der Waals surface area contributed by atoms with Crippen molar-refractivity contribution in [1.82, 2.24) is 0 Å². The average molecular weight is 184 g/mol. The summed E-state index contributed by atoms with van der Waals surface area (Å²) in [5, 5.41) is 0. The SMILES string of the molecule is C=CCCCC(OC(C)C)C(C)=O. The molecule has 0 radical (unpaired) electrons. The third-order valence-corrected chi connectivity index (χ3v) is 1.76. The highest BCUT2D eigenvalue weighted by Gasteiger charge is 2.15. The summed E-state index contributed by atoms with van der Waals surface area (Å²) in [6.45, 7) is 9.12. The maximum Gasteiger partial charge on any atom is 0.158 e. The first-order valence-corrected chi connectivity index (χ1v) is 4.84. The highest BCUT2D eigenvalue weighted by Crippen LogP contribution is 2.08. The van der Waals surface area contributed by atoms with Crippen molar-refractivity contribution in [3.63, 3.8) is 0 Å². The molecule has 0 aromatic carbocycles. The molecule has 1 atom stereocenters. The van der Waals surface area contributed by atoms with E-state index in [4.69, 9.17) is 4.74 Å². The van der Waals surface area contributed by atoms with E-state index in [0.29, 0.717) is 0 Å². The third kappa shape index (κ3) is 6.52. The summed E-state index contributed by atoms with van der Waals surface area (Å²) in [5.74, 6) is 0.123. The van der Waals surface area contributed by atoms with Gasteiger partial charge in [0.15, 0.2) is 5.78 Å². The number of carbonyl (C=O) groups is 1. The van der Waals surface area contributed by atoms with Gasteiger partial charge in [0.2, 0.25) is 0 Å². The van der Waals surface area contributed by atoms with Crippen LogP contribution in [0.2, 0.25) is 0 Å². The molecule has 0 heterocycles. The molecule has 13 heavy (non-hydrogen) atoms. The summed E-state index contributed by atoms with van der Waals surface area (Å²) in [4.78, 5) is 11.1. The summed E-state index contributed by atoms with van der Waals surface area (Å²) in [5.41, 5.74) is 0. The van der Waals surface area contributed by atoms with Crippen LogP contribution in [0, 0.1) is 0 Å². The highest BCUT2D eigenvalue weighted by atomic mass is 16.5. The van der Waals surface area contributed by atoms with E-state index >= 15 is 0 Å². The molecule has 0 fully saturated rings. The van der Waals surface area contributed by atoms with Crippen molar-refractivity contribution in [1.29, 1.82) is 0 Å². The van der Waals surface area contributed by atoms with Crippen molar-refractivity contribution in [2.24, 2.45) is 0 Å². The van der Waals surface area contributed by atoms with E-state index in [1.54, 1.807) is 6.92 Å². The fraction of sp³-hybridized carbons (Fsp3) is 0.727. The first-order valence-electron chi connectivity index (χ1n) is 4.84. The lowest BCUT2D eigenvalue weighted by Gasteiger charge is -2.17. The minimum Gasteiger partial charge on any atom is -0.368 e. The standard InChI is InChI=1S/C11H20O2/c1-5-6-7-8-11(10(4)12)13-9(2)3/h5,9,11H,1,6-8H2,2-4H3. The van der Waals surface area contributed by atoms with Crippen molar-refractivity contribution >= 4 is 5.78 Å². The molecule has 0 N–H and O–H groups in total. The second kappa shape index (κ2) is 6.84. The molecule has 2 heteroatoms. The van der Waals surface area contributed by atoms with Gasteiger partial charge in [-0.05, 0) is 40.0 Å². The van der Waals surface area contributed by atoms with Crippen LogP contribution in [0.15, 0.2) is 12.7 Å². The van der Waals surface area contributed by atoms with Crippen LogP contribution >= 0.6 is 0 Å². The predicted molar refractivity (Wildman–Crippen MR) is 54.7 cm³/mol. The molecule has 0 aliphatic rings. The molecule has 2 nitrogen and oxygen atoms in total. The Hall–Kier alpha value is -0.630. The van der Waals surface area contributed by atoms with Gasteiger partial charge in [-0.25, -0.2) is 0 Å². The highest BCUT2D eigenvalue weighted by molar-refractivity contribution is 5.80. The predicted octanol–water partition coefficient (Wildman–Crippen LogP) is 2.73. The number of carbonyl (C=O) groups excluding carboxylic acids is 1. The van der Waals surface area contributed by atoms with E-state index in [9.17, 15) is 4.79 Å². The van der Waals surface area contributed by atoms with Crippen LogP contribution in [0.3, 0.4) is 0 Å². The quantitative estimate of drug-likeness (QED) is 0.449. The lowest BCUT2D eigenvalue weighted by molar-refractivity contribution is -0.131. The Balaban J connectivity index is 3.80. The molecule has 76 valence electrons. The lowest BCUT2D eigenvalue weighted by Crippen LogP contribution is -2.25. The van der Waals surface area contributed by atoms with E-state index in [-0.39, 0.29) is 18.0 Å². The van der Waals surface area contributed by atoms with Gasteiger partial charge in [0.05, 0.1) is 6.10 Å². The molecule has 1 unspecified atom stereocenters. The van der Waals surface area contributed by atoms with Crippen LogP contribution in [0.1, 0.15) is 40.0 Å². The number of hydrogen-bond acceptors (Lipinski definition) is 2. The zero-order valence-electron chi connectivity index (χ0n) is 8.88. The zero-order valence-corrected chi connectivity index (χ0v) is 8.88. The number of hydrogen-bond donors (Lipinski definition) is 0. The number of ketones is 1. The Morgan fingerprint density at radius 2 is 2.15 bits per heavy atom. The fourth-order valence-corrected chi connectivity index (χ4v) is 1.14. The van der Waals surface area contributed by atoms with Crippen molar-refractivity contribution < 1.29 is 9.53 Å². The number of Topliss-reactive ketones (excluding diaryl/α,β-unsaturated/α-hetero) is 1. The van der Waals surface area contributed by atoms with Crippen LogP contribution in [0.5, 0.6) is 0 Å². The maximum absolute atomic E-state index is 11.1. The number of ether oxygens (including phenoxy) is 1. The van der Waals surface area contributed by atoms with Gasteiger partial charge in [-0.1, -0.05) is 6.08 Å². The van der Waals surface area contributed by atoms with Crippen molar-refractivity contribution in [2.45, 2.75) is 52.2 Å². The average Bonchev–Trinajstić information content (AvgIpc) is 2.02. The Kier molecular flexibility index (Phi) is 6.51. The smallest absolute Gasteiger partial charge is 0.158 e. The molecule has 0 aromatic rings. The van der Waals surface area contributed by atoms with Crippen LogP contribution in [0.4, 0.5) is 0 Å². The number of allylic oxidation sites excluding steroid dienone is 1. The summed E-state index contributed by atoms with van der Waals surface area (Å²) >= 11 is 0. The fourth-order valence-electron chi connectivity index (χ4n) is 1.14. The Morgan fingerprint density at radius 1 is 1.54 bits per heavy atom.